The molecule has 1 amide bonds. The van der Waals surface area contributed by atoms with Gasteiger partial charge in [0.05, 0.1) is 0 Å². The summed E-state index contributed by atoms with van der Waals surface area (Å²) in [5.41, 5.74) is 6.20. The second kappa shape index (κ2) is 5.82. The average Bonchev–Trinajstić information content (AvgIpc) is 2.74. The number of hydrogen-bond acceptors (Lipinski definition) is 2. The van der Waals surface area contributed by atoms with E-state index in [1.807, 2.05) is 0 Å². The molecule has 110 valence electrons. The van der Waals surface area contributed by atoms with Gasteiger partial charge in [-0.2, -0.15) is 0 Å². The van der Waals surface area contributed by atoms with Crippen molar-refractivity contribution in [2.45, 2.75) is 77.9 Å². The minimum absolute atomic E-state index is 0.154. The molecular weight excluding hydrogens is 236 g/mol. The van der Waals surface area contributed by atoms with E-state index in [1.54, 1.807) is 0 Å². The van der Waals surface area contributed by atoms with Crippen LogP contribution in [0.2, 0.25) is 0 Å². The van der Waals surface area contributed by atoms with Crippen molar-refractivity contribution in [1.82, 2.24) is 4.90 Å². The largest absolute Gasteiger partial charge is 0.337 e. The van der Waals surface area contributed by atoms with E-state index >= 15 is 0 Å². The smallest absolute Gasteiger partial charge is 0.226 e. The Morgan fingerprint density at radius 2 is 1.84 bits per heavy atom. The zero-order valence-electron chi connectivity index (χ0n) is 12.9. The topological polar surface area (TPSA) is 46.3 Å². The van der Waals surface area contributed by atoms with Gasteiger partial charge in [0.15, 0.2) is 0 Å². The van der Waals surface area contributed by atoms with Crippen LogP contribution < -0.4 is 5.73 Å². The lowest BCUT2D eigenvalue weighted by molar-refractivity contribution is -0.141. The first-order valence-corrected chi connectivity index (χ1v) is 8.03. The minimum Gasteiger partial charge on any atom is -0.337 e. The molecule has 1 heterocycles. The second-order valence-corrected chi connectivity index (χ2v) is 6.93. The molecule has 1 aliphatic carbocycles. The molecular formula is C16H30N2O. The molecule has 2 fully saturated rings. The Labute approximate surface area is 117 Å². The van der Waals surface area contributed by atoms with Crippen molar-refractivity contribution in [1.29, 1.82) is 0 Å². The number of carbonyl (C=O) groups excluding carboxylic acids is 1. The van der Waals surface area contributed by atoms with Crippen LogP contribution in [0.15, 0.2) is 0 Å². The van der Waals surface area contributed by atoms with Crippen molar-refractivity contribution >= 4 is 5.91 Å². The van der Waals surface area contributed by atoms with E-state index in [0.717, 1.165) is 25.7 Å². The maximum absolute atomic E-state index is 12.9. The quantitative estimate of drug-likeness (QED) is 0.835. The van der Waals surface area contributed by atoms with Gasteiger partial charge in [0, 0.05) is 24.0 Å². The van der Waals surface area contributed by atoms with Gasteiger partial charge in [-0.3, -0.25) is 4.79 Å². The molecule has 0 spiro atoms. The van der Waals surface area contributed by atoms with Crippen molar-refractivity contribution in [2.75, 3.05) is 0 Å². The Kier molecular flexibility index (Phi) is 4.54. The van der Waals surface area contributed by atoms with Crippen LogP contribution in [0.4, 0.5) is 0 Å². The molecule has 0 aromatic carbocycles. The SMILES string of the molecule is CCC1CCC(C)N1C(=O)C1CC(N)C(C)CC1C. The summed E-state index contributed by atoms with van der Waals surface area (Å²) in [4.78, 5) is 15.1. The van der Waals surface area contributed by atoms with Crippen LogP contribution in [0, 0.1) is 17.8 Å². The highest BCUT2D eigenvalue weighted by molar-refractivity contribution is 5.80. The predicted molar refractivity (Wildman–Crippen MR) is 78.6 cm³/mol. The van der Waals surface area contributed by atoms with Crippen LogP contribution in [-0.2, 0) is 4.79 Å². The molecule has 0 bridgehead atoms. The summed E-state index contributed by atoms with van der Waals surface area (Å²) in [6, 6.07) is 1.08. The van der Waals surface area contributed by atoms with Gasteiger partial charge < -0.3 is 10.6 Å². The molecule has 1 saturated heterocycles. The van der Waals surface area contributed by atoms with Crippen LogP contribution in [0.25, 0.3) is 0 Å². The number of carbonyl (C=O) groups is 1. The summed E-state index contributed by atoms with van der Waals surface area (Å²) in [7, 11) is 0. The maximum atomic E-state index is 12.9. The van der Waals surface area contributed by atoms with Crippen LogP contribution in [-0.4, -0.2) is 28.9 Å². The first-order valence-electron chi connectivity index (χ1n) is 8.03. The third kappa shape index (κ3) is 2.81. The number of rotatable bonds is 2. The van der Waals surface area contributed by atoms with Gasteiger partial charge >= 0.3 is 0 Å². The predicted octanol–water partition coefficient (Wildman–Crippen LogP) is 2.79. The maximum Gasteiger partial charge on any atom is 0.226 e. The van der Waals surface area contributed by atoms with Crippen molar-refractivity contribution in [2.24, 2.45) is 23.5 Å². The number of likely N-dealkylation sites (tertiary alicyclic amines) is 1. The van der Waals surface area contributed by atoms with E-state index < -0.39 is 0 Å². The van der Waals surface area contributed by atoms with Crippen LogP contribution in [0.3, 0.4) is 0 Å². The Morgan fingerprint density at radius 3 is 2.47 bits per heavy atom. The fraction of sp³-hybridized carbons (Fsp3) is 0.938. The molecule has 2 rings (SSSR count). The Bertz CT molecular complexity index is 331. The monoisotopic (exact) mass is 266 g/mol. The first-order chi connectivity index (χ1) is 8.95. The molecule has 6 atom stereocenters. The summed E-state index contributed by atoms with van der Waals surface area (Å²) < 4.78 is 0. The van der Waals surface area contributed by atoms with Crippen molar-refractivity contribution in [3.63, 3.8) is 0 Å². The highest BCUT2D eigenvalue weighted by Crippen LogP contribution is 2.37. The number of nitrogens with two attached hydrogens (primary N) is 1. The van der Waals surface area contributed by atoms with E-state index in [4.69, 9.17) is 5.73 Å². The molecule has 3 heteroatoms. The van der Waals surface area contributed by atoms with E-state index in [9.17, 15) is 4.79 Å². The minimum atomic E-state index is 0.154. The molecule has 1 saturated carbocycles. The summed E-state index contributed by atoms with van der Waals surface area (Å²) >= 11 is 0. The van der Waals surface area contributed by atoms with Gasteiger partial charge in [-0.05, 0) is 50.9 Å². The standard InChI is InChI=1S/C16H30N2O/c1-5-13-7-6-12(4)18(13)16(19)14-9-15(17)11(3)8-10(14)2/h10-15H,5-9,17H2,1-4H3. The van der Waals surface area contributed by atoms with Crippen molar-refractivity contribution < 1.29 is 4.79 Å². The second-order valence-electron chi connectivity index (χ2n) is 6.93. The summed E-state index contributed by atoms with van der Waals surface area (Å²) in [5.74, 6) is 1.57. The highest BCUT2D eigenvalue weighted by atomic mass is 16.2. The van der Waals surface area contributed by atoms with Gasteiger partial charge in [0.2, 0.25) is 5.91 Å². The van der Waals surface area contributed by atoms with Gasteiger partial charge in [-0.25, -0.2) is 0 Å². The van der Waals surface area contributed by atoms with Crippen LogP contribution in [0.1, 0.15) is 59.8 Å². The first kappa shape index (κ1) is 14.8. The van der Waals surface area contributed by atoms with E-state index in [-0.39, 0.29) is 12.0 Å². The average molecular weight is 266 g/mol. The van der Waals surface area contributed by atoms with Gasteiger partial charge in [-0.1, -0.05) is 20.8 Å². The summed E-state index contributed by atoms with van der Waals surface area (Å²) in [6.45, 7) is 8.84. The van der Waals surface area contributed by atoms with Gasteiger partial charge in [0.1, 0.15) is 0 Å². The summed E-state index contributed by atoms with van der Waals surface area (Å²) in [6.07, 6.45) is 5.39. The molecule has 1 aliphatic heterocycles. The Hall–Kier alpha value is -0.570. The fourth-order valence-electron chi connectivity index (χ4n) is 4.09. The third-order valence-corrected chi connectivity index (χ3v) is 5.52. The summed E-state index contributed by atoms with van der Waals surface area (Å²) in [5, 5.41) is 0. The van der Waals surface area contributed by atoms with Gasteiger partial charge in [0.25, 0.3) is 0 Å². The lowest BCUT2D eigenvalue weighted by atomic mass is 9.72. The number of hydrogen-bond donors (Lipinski definition) is 1. The fourth-order valence-corrected chi connectivity index (χ4v) is 4.09. The normalized spacial score (nSPS) is 43.5. The molecule has 6 unspecified atom stereocenters. The molecule has 0 aromatic heterocycles. The molecule has 0 aromatic rings. The highest BCUT2D eigenvalue weighted by Gasteiger charge is 2.41. The molecule has 0 radical (unpaired) electrons. The molecule has 2 aliphatic rings. The zero-order chi connectivity index (χ0) is 14.2. The molecule has 19 heavy (non-hydrogen) atoms. The van der Waals surface area contributed by atoms with E-state index in [1.165, 1.54) is 6.42 Å². The van der Waals surface area contributed by atoms with Crippen LogP contribution in [0.5, 0.6) is 0 Å². The van der Waals surface area contributed by atoms with Crippen molar-refractivity contribution in [3.8, 4) is 0 Å². The number of amides is 1. The van der Waals surface area contributed by atoms with E-state index in [0.29, 0.717) is 29.8 Å². The Balaban J connectivity index is 2.10. The number of nitrogens with zero attached hydrogens (tertiary/aromatic N) is 1. The van der Waals surface area contributed by atoms with Crippen molar-refractivity contribution in [3.05, 3.63) is 0 Å². The lowest BCUT2D eigenvalue weighted by Crippen LogP contribution is -2.49. The molecule has 3 nitrogen and oxygen atoms in total. The van der Waals surface area contributed by atoms with Gasteiger partial charge in [-0.15, -0.1) is 0 Å². The zero-order valence-corrected chi connectivity index (χ0v) is 12.9. The molecule has 2 N–H and O–H groups in total. The third-order valence-electron chi connectivity index (χ3n) is 5.52. The van der Waals surface area contributed by atoms with E-state index in [2.05, 4.69) is 32.6 Å². The lowest BCUT2D eigenvalue weighted by Gasteiger charge is -2.40. The van der Waals surface area contributed by atoms with Crippen LogP contribution >= 0.6 is 0 Å². The Morgan fingerprint density at radius 1 is 1.16 bits per heavy atom.